The van der Waals surface area contributed by atoms with Gasteiger partial charge >= 0.3 is 5.97 Å². The van der Waals surface area contributed by atoms with Crippen molar-refractivity contribution < 1.29 is 14.3 Å². The lowest BCUT2D eigenvalue weighted by Gasteiger charge is -2.26. The molecule has 8 heteroatoms. The van der Waals surface area contributed by atoms with E-state index in [1.54, 1.807) is 7.05 Å². The van der Waals surface area contributed by atoms with Crippen LogP contribution in [0.1, 0.15) is 19.8 Å². The average Bonchev–Trinajstić information content (AvgIpc) is 2.51. The first-order valence-electron chi connectivity index (χ1n) is 7.66. The molecule has 1 aliphatic rings. The third kappa shape index (κ3) is 10.2. The number of esters is 1. The highest BCUT2D eigenvalue weighted by Gasteiger charge is 2.09. The molecule has 1 rings (SSSR count). The van der Waals surface area contributed by atoms with Crippen LogP contribution in [0.15, 0.2) is 4.99 Å². The highest BCUT2D eigenvalue weighted by Crippen LogP contribution is 1.95. The van der Waals surface area contributed by atoms with Gasteiger partial charge in [-0.05, 0) is 13.3 Å². The lowest BCUT2D eigenvalue weighted by Crippen LogP contribution is -2.44. The van der Waals surface area contributed by atoms with E-state index in [0.717, 1.165) is 51.8 Å². The van der Waals surface area contributed by atoms with Gasteiger partial charge in [0.05, 0.1) is 19.8 Å². The van der Waals surface area contributed by atoms with Gasteiger partial charge in [-0.25, -0.2) is 0 Å². The zero-order chi connectivity index (χ0) is 15.3. The molecule has 2 N–H and O–H groups in total. The summed E-state index contributed by atoms with van der Waals surface area (Å²) >= 11 is 0. The second-order valence-electron chi connectivity index (χ2n) is 4.79. The van der Waals surface area contributed by atoms with Crippen LogP contribution in [0.4, 0.5) is 0 Å². The number of ether oxygens (including phenoxy) is 2. The predicted molar refractivity (Wildman–Crippen MR) is 97.9 cm³/mol. The Labute approximate surface area is 150 Å². The number of carbonyl (C=O) groups excluding carboxylic acids is 1. The Bertz CT molecular complexity index is 323. The molecule has 1 heterocycles. The zero-order valence-electron chi connectivity index (χ0n) is 13.6. The van der Waals surface area contributed by atoms with Crippen LogP contribution in [0.3, 0.4) is 0 Å². The minimum atomic E-state index is -0.144. The van der Waals surface area contributed by atoms with Crippen molar-refractivity contribution >= 4 is 35.9 Å². The summed E-state index contributed by atoms with van der Waals surface area (Å²) in [6, 6.07) is 0. The molecule has 0 aromatic heterocycles. The summed E-state index contributed by atoms with van der Waals surface area (Å²) in [7, 11) is 1.75. The molecule has 1 saturated heterocycles. The first-order chi connectivity index (χ1) is 10.3. The monoisotopic (exact) mass is 428 g/mol. The van der Waals surface area contributed by atoms with Crippen molar-refractivity contribution in [1.29, 1.82) is 0 Å². The summed E-state index contributed by atoms with van der Waals surface area (Å²) in [4.78, 5) is 17.7. The molecule has 130 valence electrons. The lowest BCUT2D eigenvalue weighted by atomic mass is 10.3. The number of hydrogen-bond donors (Lipinski definition) is 2. The number of carbonyl (C=O) groups is 1. The van der Waals surface area contributed by atoms with E-state index in [4.69, 9.17) is 9.47 Å². The first-order valence-corrected chi connectivity index (χ1v) is 7.66. The van der Waals surface area contributed by atoms with Gasteiger partial charge in [-0.3, -0.25) is 14.7 Å². The normalized spacial score (nSPS) is 15.8. The third-order valence-corrected chi connectivity index (χ3v) is 3.20. The van der Waals surface area contributed by atoms with Crippen LogP contribution in [0.25, 0.3) is 0 Å². The molecular formula is C14H29IN4O3. The fraction of sp³-hybridized carbons (Fsp3) is 0.857. The van der Waals surface area contributed by atoms with Crippen LogP contribution in [-0.4, -0.2) is 76.4 Å². The molecule has 0 bridgehead atoms. The van der Waals surface area contributed by atoms with Gasteiger partial charge in [0.1, 0.15) is 0 Å². The second kappa shape index (κ2) is 14.0. The Morgan fingerprint density at radius 3 is 2.59 bits per heavy atom. The Morgan fingerprint density at radius 1 is 1.27 bits per heavy atom. The van der Waals surface area contributed by atoms with Crippen LogP contribution in [-0.2, 0) is 14.3 Å². The van der Waals surface area contributed by atoms with Crippen molar-refractivity contribution in [1.82, 2.24) is 15.5 Å². The molecular weight excluding hydrogens is 399 g/mol. The minimum Gasteiger partial charge on any atom is -0.466 e. The van der Waals surface area contributed by atoms with Crippen molar-refractivity contribution in [3.63, 3.8) is 0 Å². The smallest absolute Gasteiger partial charge is 0.305 e. The molecule has 0 aromatic carbocycles. The summed E-state index contributed by atoms with van der Waals surface area (Å²) in [6.45, 7) is 8.41. The van der Waals surface area contributed by atoms with Gasteiger partial charge in [0, 0.05) is 46.2 Å². The van der Waals surface area contributed by atoms with Gasteiger partial charge < -0.3 is 20.1 Å². The fourth-order valence-electron chi connectivity index (χ4n) is 2.05. The van der Waals surface area contributed by atoms with Crippen molar-refractivity contribution in [2.24, 2.45) is 4.99 Å². The summed E-state index contributed by atoms with van der Waals surface area (Å²) in [5, 5.41) is 6.46. The van der Waals surface area contributed by atoms with E-state index < -0.39 is 0 Å². The molecule has 1 aliphatic heterocycles. The molecule has 7 nitrogen and oxygen atoms in total. The molecule has 0 atom stereocenters. The number of morpholine rings is 1. The molecule has 0 aromatic rings. The number of nitrogens with one attached hydrogen (secondary N) is 2. The van der Waals surface area contributed by atoms with E-state index in [1.165, 1.54) is 0 Å². The molecule has 0 saturated carbocycles. The van der Waals surface area contributed by atoms with Crippen molar-refractivity contribution in [3.8, 4) is 0 Å². The Morgan fingerprint density at radius 2 is 1.95 bits per heavy atom. The Hall–Kier alpha value is -0.610. The van der Waals surface area contributed by atoms with Gasteiger partial charge in [0.2, 0.25) is 0 Å². The van der Waals surface area contributed by atoms with Crippen molar-refractivity contribution in [2.75, 3.05) is 59.6 Å². The quantitative estimate of drug-likeness (QED) is 0.192. The van der Waals surface area contributed by atoms with Crippen LogP contribution < -0.4 is 10.6 Å². The van der Waals surface area contributed by atoms with E-state index in [-0.39, 0.29) is 29.9 Å². The number of rotatable bonds is 8. The Kier molecular flexibility index (Phi) is 13.6. The number of halogens is 1. The average molecular weight is 428 g/mol. The number of guanidine groups is 1. The number of hydrogen-bond acceptors (Lipinski definition) is 5. The summed E-state index contributed by atoms with van der Waals surface area (Å²) in [6.07, 6.45) is 1.18. The van der Waals surface area contributed by atoms with E-state index in [0.29, 0.717) is 19.6 Å². The van der Waals surface area contributed by atoms with Crippen LogP contribution in [0.5, 0.6) is 0 Å². The maximum absolute atomic E-state index is 11.2. The van der Waals surface area contributed by atoms with E-state index in [2.05, 4.69) is 20.5 Å². The fourth-order valence-corrected chi connectivity index (χ4v) is 2.05. The van der Waals surface area contributed by atoms with Crippen LogP contribution in [0, 0.1) is 0 Å². The van der Waals surface area contributed by atoms with E-state index in [9.17, 15) is 4.79 Å². The third-order valence-electron chi connectivity index (χ3n) is 3.20. The SMILES string of the molecule is CCOC(=O)CCCNC(=NC)NCCN1CCOCC1.I. The van der Waals surface area contributed by atoms with Gasteiger partial charge in [0.25, 0.3) is 0 Å². The maximum Gasteiger partial charge on any atom is 0.305 e. The van der Waals surface area contributed by atoms with E-state index >= 15 is 0 Å². The first kappa shape index (κ1) is 21.4. The highest BCUT2D eigenvalue weighted by atomic mass is 127. The molecule has 0 spiro atoms. The molecule has 0 aliphatic carbocycles. The van der Waals surface area contributed by atoms with Crippen molar-refractivity contribution in [3.05, 3.63) is 0 Å². The van der Waals surface area contributed by atoms with Gasteiger partial charge in [0.15, 0.2) is 5.96 Å². The highest BCUT2D eigenvalue weighted by molar-refractivity contribution is 14.0. The second-order valence-corrected chi connectivity index (χ2v) is 4.79. The molecule has 0 amide bonds. The molecule has 0 radical (unpaired) electrons. The molecule has 22 heavy (non-hydrogen) atoms. The minimum absolute atomic E-state index is 0. The van der Waals surface area contributed by atoms with Crippen LogP contribution >= 0.6 is 24.0 Å². The van der Waals surface area contributed by atoms with Crippen LogP contribution in [0.2, 0.25) is 0 Å². The standard InChI is InChI=1S/C14H28N4O3.HI/c1-3-21-13(19)5-4-6-16-14(15-2)17-7-8-18-9-11-20-12-10-18;/h3-12H2,1-2H3,(H2,15,16,17);1H. The summed E-state index contributed by atoms with van der Waals surface area (Å²) < 4.78 is 10.2. The molecule has 1 fully saturated rings. The zero-order valence-corrected chi connectivity index (χ0v) is 15.9. The topological polar surface area (TPSA) is 75.2 Å². The molecule has 0 unspecified atom stereocenters. The van der Waals surface area contributed by atoms with E-state index in [1.807, 2.05) is 6.92 Å². The van der Waals surface area contributed by atoms with Gasteiger partial charge in [-0.2, -0.15) is 0 Å². The van der Waals surface area contributed by atoms with Gasteiger partial charge in [-0.15, -0.1) is 24.0 Å². The van der Waals surface area contributed by atoms with Crippen molar-refractivity contribution in [2.45, 2.75) is 19.8 Å². The summed E-state index contributed by atoms with van der Waals surface area (Å²) in [5.74, 6) is 0.627. The summed E-state index contributed by atoms with van der Waals surface area (Å²) in [5.41, 5.74) is 0. The number of aliphatic imine (C=N–C) groups is 1. The number of nitrogens with zero attached hydrogens (tertiary/aromatic N) is 2. The Balaban J connectivity index is 0.00000441. The largest absolute Gasteiger partial charge is 0.466 e. The van der Waals surface area contributed by atoms with Gasteiger partial charge in [-0.1, -0.05) is 0 Å². The maximum atomic E-state index is 11.2. The lowest BCUT2D eigenvalue weighted by molar-refractivity contribution is -0.143. The predicted octanol–water partition coefficient (Wildman–Crippen LogP) is 0.445.